The third-order valence-corrected chi connectivity index (χ3v) is 2.57. The van der Waals surface area contributed by atoms with E-state index >= 15 is 0 Å². The van der Waals surface area contributed by atoms with E-state index in [9.17, 15) is 22.0 Å². The average Bonchev–Trinajstić information content (AvgIpc) is 2.42. The van der Waals surface area contributed by atoms with Crippen LogP contribution in [-0.2, 0) is 0 Å². The second-order valence-corrected chi connectivity index (χ2v) is 4.31. The van der Waals surface area contributed by atoms with Gasteiger partial charge in [-0.3, -0.25) is 0 Å². The lowest BCUT2D eigenvalue weighted by atomic mass is 10.2. The Bertz CT molecular complexity index is 635. The Morgan fingerprint density at radius 2 is 1.32 bits per heavy atom. The molecule has 0 aliphatic rings. The van der Waals surface area contributed by atoms with Crippen molar-refractivity contribution in [3.05, 3.63) is 61.0 Å². The molecule has 0 fully saturated rings. The monoisotopic (exact) mass is 317 g/mol. The molecule has 0 aliphatic carbocycles. The third-order valence-electron chi connectivity index (χ3n) is 2.57. The van der Waals surface area contributed by atoms with E-state index in [4.69, 9.17) is 4.74 Å². The summed E-state index contributed by atoms with van der Waals surface area (Å²) in [6.45, 7) is 3.66. The maximum absolute atomic E-state index is 13.0. The lowest BCUT2D eigenvalue weighted by Gasteiger charge is -2.21. The van der Waals surface area contributed by atoms with Crippen molar-refractivity contribution < 1.29 is 31.4 Å². The van der Waals surface area contributed by atoms with Crippen LogP contribution in [-0.4, -0.2) is 12.3 Å². The molecule has 0 bridgehead atoms. The molecule has 2 rings (SSSR count). The maximum Gasteiger partial charge on any atom is 0.499 e. The molecule has 0 amide bonds. The molecule has 2 aromatic carbocycles. The van der Waals surface area contributed by atoms with E-state index in [-0.39, 0.29) is 11.5 Å². The summed E-state index contributed by atoms with van der Waals surface area (Å²) < 4.78 is 71.6. The first kappa shape index (κ1) is 16.1. The minimum Gasteiger partial charge on any atom is -0.453 e. The van der Waals surface area contributed by atoms with E-state index < -0.39 is 18.0 Å². The summed E-state index contributed by atoms with van der Waals surface area (Å²) in [5, 5.41) is 0. The van der Waals surface area contributed by atoms with Gasteiger partial charge in [0.15, 0.2) is 11.5 Å². The van der Waals surface area contributed by atoms with Crippen LogP contribution in [0.2, 0.25) is 0 Å². The largest absolute Gasteiger partial charge is 0.499 e. The van der Waals surface area contributed by atoms with E-state index in [2.05, 4.69) is 11.7 Å². The molecule has 0 unspecified atom stereocenters. The van der Waals surface area contributed by atoms with Gasteiger partial charge >= 0.3 is 12.3 Å². The number of alkyl halides is 5. The van der Waals surface area contributed by atoms with Gasteiger partial charge in [-0.25, -0.2) is 0 Å². The lowest BCUT2D eigenvalue weighted by molar-refractivity contribution is -0.360. The van der Waals surface area contributed by atoms with Crippen molar-refractivity contribution >= 4 is 0 Å². The molecule has 0 aromatic heterocycles. The number of para-hydroxylation sites is 2. The second kappa shape index (κ2) is 5.82. The molecule has 22 heavy (non-hydrogen) atoms. The molecule has 0 saturated carbocycles. The second-order valence-electron chi connectivity index (χ2n) is 4.31. The molecule has 0 saturated heterocycles. The van der Waals surface area contributed by atoms with Crippen molar-refractivity contribution in [1.82, 2.24) is 0 Å². The summed E-state index contributed by atoms with van der Waals surface area (Å²) in [4.78, 5) is 0. The number of halogens is 5. The zero-order valence-corrected chi connectivity index (χ0v) is 11.0. The van der Waals surface area contributed by atoms with Gasteiger partial charge in [0.05, 0.1) is 0 Å². The van der Waals surface area contributed by atoms with Crippen LogP contribution in [0.3, 0.4) is 0 Å². The fourth-order valence-electron chi connectivity index (χ4n) is 1.50. The Morgan fingerprint density at radius 3 is 1.86 bits per heavy atom. The zero-order valence-electron chi connectivity index (χ0n) is 11.0. The molecular formula is C15H10F5O2. The van der Waals surface area contributed by atoms with Gasteiger partial charge < -0.3 is 9.47 Å². The summed E-state index contributed by atoms with van der Waals surface area (Å²) in [6.07, 6.45) is -11.1. The minimum atomic E-state index is -5.82. The highest BCUT2D eigenvalue weighted by Crippen LogP contribution is 2.41. The number of hydrogen-bond donors (Lipinski definition) is 0. The molecule has 0 aliphatic heterocycles. The predicted molar refractivity (Wildman–Crippen MR) is 69.0 cm³/mol. The van der Waals surface area contributed by atoms with Crippen LogP contribution in [0.25, 0.3) is 0 Å². The van der Waals surface area contributed by atoms with E-state index in [1.807, 2.05) is 0 Å². The Labute approximate surface area is 123 Å². The highest BCUT2D eigenvalue weighted by Gasteiger charge is 2.61. The van der Waals surface area contributed by atoms with Crippen molar-refractivity contribution in [3.8, 4) is 17.2 Å². The lowest BCUT2D eigenvalue weighted by Crippen LogP contribution is -2.41. The zero-order chi connectivity index (χ0) is 16.4. The third kappa shape index (κ3) is 3.66. The van der Waals surface area contributed by atoms with Crippen LogP contribution < -0.4 is 9.47 Å². The van der Waals surface area contributed by atoms with Crippen molar-refractivity contribution in [2.24, 2.45) is 0 Å². The molecule has 1 radical (unpaired) electrons. The topological polar surface area (TPSA) is 18.5 Å². The van der Waals surface area contributed by atoms with Crippen molar-refractivity contribution in [2.75, 3.05) is 0 Å². The first-order chi connectivity index (χ1) is 10.2. The average molecular weight is 317 g/mol. The molecule has 117 valence electrons. The first-order valence-corrected chi connectivity index (χ1v) is 6.01. The van der Waals surface area contributed by atoms with Gasteiger partial charge in [0, 0.05) is 0 Å². The van der Waals surface area contributed by atoms with Crippen LogP contribution in [0.1, 0.15) is 5.56 Å². The molecule has 7 heteroatoms. The van der Waals surface area contributed by atoms with Gasteiger partial charge in [0.25, 0.3) is 0 Å². The fourth-order valence-corrected chi connectivity index (χ4v) is 1.50. The number of hydrogen-bond acceptors (Lipinski definition) is 2. The molecule has 0 N–H and O–H groups in total. The minimum absolute atomic E-state index is 0.249. The number of benzene rings is 2. The van der Waals surface area contributed by atoms with Crippen LogP contribution in [0.4, 0.5) is 22.0 Å². The van der Waals surface area contributed by atoms with Crippen LogP contribution in [0.5, 0.6) is 17.2 Å². The van der Waals surface area contributed by atoms with Crippen LogP contribution in [0.15, 0.2) is 48.5 Å². The summed E-state index contributed by atoms with van der Waals surface area (Å²) in [5.74, 6) is -0.731. The SMILES string of the molecule is [CH2]c1ccc(Oc2ccccc2OC(F)(F)C(F)(F)F)cc1. The summed E-state index contributed by atoms with van der Waals surface area (Å²) in [6, 6.07) is 11.1. The van der Waals surface area contributed by atoms with Crippen molar-refractivity contribution in [1.29, 1.82) is 0 Å². The van der Waals surface area contributed by atoms with Gasteiger partial charge in [-0.2, -0.15) is 22.0 Å². The number of ether oxygens (including phenoxy) is 2. The standard InChI is InChI=1S/C15H10F5O2/c1-10-6-8-11(9-7-10)21-12-4-2-3-5-13(12)22-15(19,20)14(16,17)18/h2-9H,1H2. The van der Waals surface area contributed by atoms with Gasteiger partial charge in [-0.1, -0.05) is 24.3 Å². The molecule has 0 atom stereocenters. The fraction of sp³-hybridized carbons (Fsp3) is 0.133. The first-order valence-electron chi connectivity index (χ1n) is 6.01. The van der Waals surface area contributed by atoms with Crippen LogP contribution in [0, 0.1) is 6.92 Å². The van der Waals surface area contributed by atoms with Crippen molar-refractivity contribution in [2.45, 2.75) is 12.3 Å². The maximum atomic E-state index is 13.0. The summed E-state index contributed by atoms with van der Waals surface area (Å²) in [5.41, 5.74) is 0.695. The molecule has 0 heterocycles. The van der Waals surface area contributed by atoms with Gasteiger partial charge in [-0.05, 0) is 36.8 Å². The predicted octanol–water partition coefficient (Wildman–Crippen LogP) is 5.19. The highest BCUT2D eigenvalue weighted by atomic mass is 19.4. The van der Waals surface area contributed by atoms with Gasteiger partial charge in [-0.15, -0.1) is 0 Å². The number of rotatable bonds is 4. The van der Waals surface area contributed by atoms with E-state index in [0.29, 0.717) is 5.56 Å². The van der Waals surface area contributed by atoms with E-state index in [1.165, 1.54) is 30.3 Å². The molecule has 2 aromatic rings. The molecule has 2 nitrogen and oxygen atoms in total. The normalized spacial score (nSPS) is 12.1. The Morgan fingerprint density at radius 1 is 0.773 bits per heavy atom. The quantitative estimate of drug-likeness (QED) is 0.722. The van der Waals surface area contributed by atoms with E-state index in [1.54, 1.807) is 12.1 Å². The van der Waals surface area contributed by atoms with E-state index in [0.717, 1.165) is 6.07 Å². The Hall–Kier alpha value is -2.31. The summed E-state index contributed by atoms with van der Waals surface area (Å²) >= 11 is 0. The highest BCUT2D eigenvalue weighted by molar-refractivity contribution is 5.43. The Kier molecular flexibility index (Phi) is 4.25. The summed E-state index contributed by atoms with van der Waals surface area (Å²) in [7, 11) is 0. The smallest absolute Gasteiger partial charge is 0.453 e. The van der Waals surface area contributed by atoms with Gasteiger partial charge in [0.2, 0.25) is 0 Å². The van der Waals surface area contributed by atoms with Crippen LogP contribution >= 0.6 is 0 Å². The molecular weight excluding hydrogens is 307 g/mol. The van der Waals surface area contributed by atoms with Gasteiger partial charge in [0.1, 0.15) is 5.75 Å². The Balaban J connectivity index is 2.25. The molecule has 0 spiro atoms. The van der Waals surface area contributed by atoms with Crippen molar-refractivity contribution in [3.63, 3.8) is 0 Å².